The van der Waals surface area contributed by atoms with E-state index in [4.69, 9.17) is 0 Å². The molecule has 1 N–H and O–H groups in total. The van der Waals surface area contributed by atoms with Crippen molar-refractivity contribution in [2.45, 2.75) is 6.92 Å². The van der Waals surface area contributed by atoms with Crippen LogP contribution in [0.15, 0.2) is 11.4 Å². The molecule has 0 unspecified atom stereocenters. The van der Waals surface area contributed by atoms with Gasteiger partial charge in [0.05, 0.1) is 5.56 Å². The van der Waals surface area contributed by atoms with Crippen LogP contribution in [0.4, 0.5) is 0 Å². The second-order valence-electron chi connectivity index (χ2n) is 1.81. The Balaban J connectivity index is 2.59. The highest BCUT2D eigenvalue weighted by molar-refractivity contribution is 7.07. The highest BCUT2D eigenvalue weighted by Crippen LogP contribution is 2.03. The summed E-state index contributed by atoms with van der Waals surface area (Å²) in [5, 5.41) is 7.33. The van der Waals surface area contributed by atoms with Gasteiger partial charge in [-0.3, -0.25) is 4.79 Å². The van der Waals surface area contributed by atoms with E-state index in [1.165, 1.54) is 11.3 Å². The van der Waals surface area contributed by atoms with Gasteiger partial charge in [-0.05, 0) is 13.0 Å². The monoisotopic (exact) mass is 154 g/mol. The Hall–Kier alpha value is -0.830. The van der Waals surface area contributed by atoms with Gasteiger partial charge in [0, 0.05) is 17.3 Å². The van der Waals surface area contributed by atoms with Crippen molar-refractivity contribution in [3.63, 3.8) is 0 Å². The fourth-order valence-corrected chi connectivity index (χ4v) is 1.18. The van der Waals surface area contributed by atoms with E-state index in [2.05, 4.69) is 10.7 Å². The Bertz CT molecular complexity index is 205. The number of carbonyl (C=O) groups is 1. The Morgan fingerprint density at radius 3 is 3.20 bits per heavy atom. The summed E-state index contributed by atoms with van der Waals surface area (Å²) in [6.45, 7) is 2.57. The van der Waals surface area contributed by atoms with Gasteiger partial charge < -0.3 is 5.32 Å². The number of rotatable bonds is 2. The van der Waals surface area contributed by atoms with Crippen molar-refractivity contribution in [3.8, 4) is 0 Å². The fourth-order valence-electron chi connectivity index (χ4n) is 0.611. The van der Waals surface area contributed by atoms with E-state index in [9.17, 15) is 4.79 Å². The van der Waals surface area contributed by atoms with Crippen LogP contribution in [-0.4, -0.2) is 12.5 Å². The van der Waals surface area contributed by atoms with Crippen LogP contribution < -0.4 is 5.32 Å². The van der Waals surface area contributed by atoms with Crippen LogP contribution in [0, 0.1) is 5.38 Å². The third-order valence-electron chi connectivity index (χ3n) is 1.07. The standard InChI is InChI=1S/C7H8NOS/c1-2-8-7(9)6-3-4-10-5-6/h3,5H,2H2,1H3,(H,8,9). The molecule has 0 aliphatic carbocycles. The molecule has 1 heterocycles. The van der Waals surface area contributed by atoms with Gasteiger partial charge >= 0.3 is 0 Å². The molecule has 53 valence electrons. The van der Waals surface area contributed by atoms with Crippen LogP contribution in [-0.2, 0) is 0 Å². The lowest BCUT2D eigenvalue weighted by Crippen LogP contribution is -2.21. The van der Waals surface area contributed by atoms with Crippen LogP contribution >= 0.6 is 11.3 Å². The van der Waals surface area contributed by atoms with E-state index in [-0.39, 0.29) is 5.91 Å². The summed E-state index contributed by atoms with van der Waals surface area (Å²) in [7, 11) is 0. The third-order valence-corrected chi connectivity index (χ3v) is 1.69. The van der Waals surface area contributed by atoms with E-state index < -0.39 is 0 Å². The molecule has 1 radical (unpaired) electrons. The molecule has 0 atom stereocenters. The summed E-state index contributed by atoms with van der Waals surface area (Å²) in [5.41, 5.74) is 0.701. The van der Waals surface area contributed by atoms with E-state index >= 15 is 0 Å². The summed E-state index contributed by atoms with van der Waals surface area (Å²) < 4.78 is 0. The molecule has 0 aromatic carbocycles. The first kappa shape index (κ1) is 7.28. The van der Waals surface area contributed by atoms with Crippen molar-refractivity contribution in [3.05, 3.63) is 22.4 Å². The van der Waals surface area contributed by atoms with E-state index in [0.717, 1.165) is 0 Å². The second-order valence-corrected chi connectivity index (χ2v) is 2.52. The quantitative estimate of drug-likeness (QED) is 0.683. The molecule has 3 heteroatoms. The predicted octanol–water partition coefficient (Wildman–Crippen LogP) is 1.30. The first-order valence-electron chi connectivity index (χ1n) is 3.07. The minimum Gasteiger partial charge on any atom is -0.352 e. The molecule has 1 aromatic rings. The molecule has 1 aromatic heterocycles. The van der Waals surface area contributed by atoms with Crippen molar-refractivity contribution in [2.75, 3.05) is 6.54 Å². The number of hydrogen-bond acceptors (Lipinski definition) is 2. The molecule has 0 saturated carbocycles. The van der Waals surface area contributed by atoms with Gasteiger partial charge in [0.25, 0.3) is 5.91 Å². The maximum absolute atomic E-state index is 11.0. The molecule has 10 heavy (non-hydrogen) atoms. The smallest absolute Gasteiger partial charge is 0.252 e. The first-order valence-corrected chi connectivity index (χ1v) is 3.95. The normalized spacial score (nSPS) is 9.30. The minimum atomic E-state index is -0.0139. The lowest BCUT2D eigenvalue weighted by atomic mass is 10.3. The molecule has 0 saturated heterocycles. The third kappa shape index (κ3) is 1.57. The predicted molar refractivity (Wildman–Crippen MR) is 41.2 cm³/mol. The van der Waals surface area contributed by atoms with Gasteiger partial charge in [-0.1, -0.05) is 0 Å². The second kappa shape index (κ2) is 3.37. The molecule has 0 spiro atoms. The number of nitrogens with one attached hydrogen (secondary N) is 1. The summed E-state index contributed by atoms with van der Waals surface area (Å²) in [5.74, 6) is -0.0139. The molecule has 0 fully saturated rings. The van der Waals surface area contributed by atoms with E-state index in [0.29, 0.717) is 12.1 Å². The average molecular weight is 154 g/mol. The lowest BCUT2D eigenvalue weighted by molar-refractivity contribution is 0.0956. The van der Waals surface area contributed by atoms with Crippen LogP contribution in [0.2, 0.25) is 0 Å². The highest BCUT2D eigenvalue weighted by Gasteiger charge is 2.01. The SMILES string of the molecule is CCNC(=O)c1c[c]sc1. The summed E-state index contributed by atoms with van der Waals surface area (Å²) in [4.78, 5) is 11.0. The van der Waals surface area contributed by atoms with E-state index in [1.807, 2.05) is 6.92 Å². The van der Waals surface area contributed by atoms with E-state index in [1.54, 1.807) is 11.4 Å². The molecular weight excluding hydrogens is 146 g/mol. The topological polar surface area (TPSA) is 29.1 Å². The number of thiophene rings is 1. The zero-order chi connectivity index (χ0) is 7.40. The summed E-state index contributed by atoms with van der Waals surface area (Å²) in [6, 6.07) is 1.69. The van der Waals surface area contributed by atoms with Crippen LogP contribution in [0.5, 0.6) is 0 Å². The average Bonchev–Trinajstić information content (AvgIpc) is 2.38. The van der Waals surface area contributed by atoms with Crippen molar-refractivity contribution in [1.29, 1.82) is 0 Å². The van der Waals surface area contributed by atoms with Gasteiger partial charge in [0.15, 0.2) is 0 Å². The number of hydrogen-bond donors (Lipinski definition) is 1. The molecule has 0 bridgehead atoms. The van der Waals surface area contributed by atoms with Crippen LogP contribution in [0.25, 0.3) is 0 Å². The van der Waals surface area contributed by atoms with Gasteiger partial charge in [-0.25, -0.2) is 0 Å². The minimum absolute atomic E-state index is 0.0139. The summed E-state index contributed by atoms with van der Waals surface area (Å²) in [6.07, 6.45) is 0. The first-order chi connectivity index (χ1) is 4.84. The number of amides is 1. The zero-order valence-electron chi connectivity index (χ0n) is 5.68. The molecule has 0 aliphatic heterocycles. The van der Waals surface area contributed by atoms with Crippen molar-refractivity contribution in [2.24, 2.45) is 0 Å². The Kier molecular flexibility index (Phi) is 2.45. The highest BCUT2D eigenvalue weighted by atomic mass is 32.1. The molecule has 1 amide bonds. The van der Waals surface area contributed by atoms with Crippen LogP contribution in [0.3, 0.4) is 0 Å². The van der Waals surface area contributed by atoms with Gasteiger partial charge in [0.1, 0.15) is 0 Å². The zero-order valence-corrected chi connectivity index (χ0v) is 6.49. The Morgan fingerprint density at radius 2 is 2.70 bits per heavy atom. The molecule has 2 nitrogen and oxygen atoms in total. The van der Waals surface area contributed by atoms with Crippen molar-refractivity contribution < 1.29 is 4.79 Å². The van der Waals surface area contributed by atoms with Gasteiger partial charge in [0.2, 0.25) is 0 Å². The van der Waals surface area contributed by atoms with Crippen LogP contribution in [0.1, 0.15) is 17.3 Å². The molecule has 1 rings (SSSR count). The maximum Gasteiger partial charge on any atom is 0.252 e. The van der Waals surface area contributed by atoms with Crippen molar-refractivity contribution >= 4 is 17.2 Å². The van der Waals surface area contributed by atoms with Crippen molar-refractivity contribution in [1.82, 2.24) is 5.32 Å². The lowest BCUT2D eigenvalue weighted by Gasteiger charge is -1.96. The maximum atomic E-state index is 11.0. The van der Waals surface area contributed by atoms with Gasteiger partial charge in [-0.2, -0.15) is 0 Å². The largest absolute Gasteiger partial charge is 0.352 e. The Labute approximate surface area is 63.9 Å². The fraction of sp³-hybridized carbons (Fsp3) is 0.286. The Morgan fingerprint density at radius 1 is 1.90 bits per heavy atom. The van der Waals surface area contributed by atoms with Gasteiger partial charge in [-0.15, -0.1) is 11.3 Å². The molecule has 0 aliphatic rings. The number of carbonyl (C=O) groups excluding carboxylic acids is 1. The molecular formula is C7H8NOS. The summed E-state index contributed by atoms with van der Waals surface area (Å²) >= 11 is 1.41.